The molecule has 5 saturated carbocycles. The largest absolute Gasteiger partial charge is 0.390 e. The van der Waals surface area contributed by atoms with Crippen LogP contribution in [0.3, 0.4) is 0 Å². The first-order valence-electron chi connectivity index (χ1n) is 14.6. The first-order chi connectivity index (χ1) is 16.3. The Balaban J connectivity index is 1.13. The SMILES string of the molecule is CC1C2C1[C@H]1[C@@H]3CC[C@@H]4C[C@](C)(O)CC[C@@H]4[C@H]3CC[C@]1(C)[C@H]2C(=O)Cn1cc2c(n1)CCCC2. The molecule has 0 spiro atoms. The van der Waals surface area contributed by atoms with Gasteiger partial charge < -0.3 is 5.11 Å². The minimum Gasteiger partial charge on any atom is -0.390 e. The third kappa shape index (κ3) is 3.12. The summed E-state index contributed by atoms with van der Waals surface area (Å²) in [5, 5.41) is 15.6. The van der Waals surface area contributed by atoms with Crippen molar-refractivity contribution in [1.29, 1.82) is 0 Å². The quantitative estimate of drug-likeness (QED) is 0.647. The predicted octanol–water partition coefficient (Wildman–Crippen LogP) is 5.45. The zero-order chi connectivity index (χ0) is 23.4. The molecular formula is C30H44N2O2. The Morgan fingerprint density at radius 1 is 1.06 bits per heavy atom. The van der Waals surface area contributed by atoms with E-state index < -0.39 is 5.60 Å². The van der Waals surface area contributed by atoms with Crippen molar-refractivity contribution >= 4 is 5.78 Å². The number of hydrogen-bond donors (Lipinski definition) is 1. The Labute approximate surface area is 205 Å². The number of nitrogens with zero attached hydrogens (tertiary/aromatic N) is 2. The zero-order valence-corrected chi connectivity index (χ0v) is 21.5. The van der Waals surface area contributed by atoms with Gasteiger partial charge in [-0.3, -0.25) is 9.48 Å². The predicted molar refractivity (Wildman–Crippen MR) is 132 cm³/mol. The Morgan fingerprint density at radius 3 is 2.68 bits per heavy atom. The van der Waals surface area contributed by atoms with E-state index in [1.165, 1.54) is 56.2 Å². The van der Waals surface area contributed by atoms with Gasteiger partial charge in [0.05, 0.1) is 17.8 Å². The fraction of sp³-hybridized carbons (Fsp3) is 0.867. The summed E-state index contributed by atoms with van der Waals surface area (Å²) in [5.41, 5.74) is 2.39. The van der Waals surface area contributed by atoms with Crippen LogP contribution in [0.25, 0.3) is 0 Å². The standard InChI is InChI=1S/C30H44N2O2/c1-17-25-26(17)28(24(33)16-32-15-19-6-4-5-7-23(19)31-32)30(3)13-11-21-20-10-12-29(2,34)14-18(20)8-9-22(21)27(25)30/h15,17-18,20-22,25-28,34H,4-14,16H2,1-3H3/t17?,18-,20+,21-,22-,25?,26?,27-,28+,29-,30+/m1/s1. The van der Waals surface area contributed by atoms with Crippen LogP contribution in [0.15, 0.2) is 6.20 Å². The Hall–Kier alpha value is -1.16. The molecular weight excluding hydrogens is 420 g/mol. The lowest BCUT2D eigenvalue weighted by Gasteiger charge is -2.58. The average Bonchev–Trinajstić information content (AvgIpc) is 3.14. The second-order valence-electron chi connectivity index (χ2n) is 14.1. The van der Waals surface area contributed by atoms with Gasteiger partial charge in [0.25, 0.3) is 0 Å². The van der Waals surface area contributed by atoms with Gasteiger partial charge >= 0.3 is 0 Å². The summed E-state index contributed by atoms with van der Waals surface area (Å²) in [5.74, 6) is 6.79. The summed E-state index contributed by atoms with van der Waals surface area (Å²) in [6.45, 7) is 7.51. The van der Waals surface area contributed by atoms with E-state index >= 15 is 0 Å². The second-order valence-corrected chi connectivity index (χ2v) is 14.1. The van der Waals surface area contributed by atoms with Crippen molar-refractivity contribution in [2.45, 2.75) is 104 Å². The molecule has 0 saturated heterocycles. The van der Waals surface area contributed by atoms with Crippen LogP contribution in [0.4, 0.5) is 0 Å². The van der Waals surface area contributed by atoms with Gasteiger partial charge in [0.2, 0.25) is 0 Å². The molecule has 11 atom stereocenters. The van der Waals surface area contributed by atoms with E-state index in [1.54, 1.807) is 0 Å². The third-order valence-electron chi connectivity index (χ3n) is 12.3. The molecule has 4 heteroatoms. The molecule has 0 aromatic carbocycles. The van der Waals surface area contributed by atoms with Crippen LogP contribution in [0.2, 0.25) is 0 Å². The molecule has 0 radical (unpaired) electrons. The van der Waals surface area contributed by atoms with Crippen molar-refractivity contribution in [2.24, 2.45) is 58.7 Å². The second kappa shape index (κ2) is 7.43. The summed E-state index contributed by atoms with van der Waals surface area (Å²) in [4.78, 5) is 13.9. The lowest BCUT2D eigenvalue weighted by atomic mass is 9.47. The molecule has 4 nitrogen and oxygen atoms in total. The topological polar surface area (TPSA) is 55.1 Å². The highest BCUT2D eigenvalue weighted by molar-refractivity contribution is 5.83. The van der Waals surface area contributed by atoms with Crippen molar-refractivity contribution in [3.63, 3.8) is 0 Å². The van der Waals surface area contributed by atoms with Crippen molar-refractivity contribution in [1.82, 2.24) is 9.78 Å². The molecule has 7 rings (SSSR count). The van der Waals surface area contributed by atoms with Gasteiger partial charge in [-0.05, 0) is 136 Å². The van der Waals surface area contributed by atoms with Gasteiger partial charge in [0.1, 0.15) is 0 Å². The van der Waals surface area contributed by atoms with Crippen molar-refractivity contribution in [3.8, 4) is 0 Å². The highest BCUT2D eigenvalue weighted by Gasteiger charge is 2.73. The van der Waals surface area contributed by atoms with E-state index in [2.05, 4.69) is 27.0 Å². The number of Topliss-reactive ketones (excluding diaryl/α,β-unsaturated/α-hetero) is 1. The third-order valence-corrected chi connectivity index (χ3v) is 12.3. The van der Waals surface area contributed by atoms with Crippen LogP contribution < -0.4 is 0 Å². The monoisotopic (exact) mass is 464 g/mol. The number of aryl methyl sites for hydroxylation is 2. The Morgan fingerprint density at radius 2 is 1.85 bits per heavy atom. The highest BCUT2D eigenvalue weighted by atomic mass is 16.3. The van der Waals surface area contributed by atoms with Crippen LogP contribution in [0, 0.1) is 58.7 Å². The van der Waals surface area contributed by atoms with Gasteiger partial charge in [-0.1, -0.05) is 13.8 Å². The number of ketones is 1. The Bertz CT molecular complexity index is 972. The number of rotatable bonds is 3. The van der Waals surface area contributed by atoms with Gasteiger partial charge in [-0.15, -0.1) is 0 Å². The maximum atomic E-state index is 13.9. The molecule has 1 aromatic rings. The number of hydrogen-bond acceptors (Lipinski definition) is 3. The summed E-state index contributed by atoms with van der Waals surface area (Å²) in [7, 11) is 0. The maximum absolute atomic E-state index is 13.9. The molecule has 0 aliphatic heterocycles. The zero-order valence-electron chi connectivity index (χ0n) is 21.5. The number of fused-ring (bicyclic) bond motifs is 8. The molecule has 3 unspecified atom stereocenters. The van der Waals surface area contributed by atoms with E-state index in [-0.39, 0.29) is 11.3 Å². The first kappa shape index (κ1) is 22.1. The molecule has 6 aliphatic rings. The molecule has 6 aliphatic carbocycles. The molecule has 186 valence electrons. The van der Waals surface area contributed by atoms with Crippen molar-refractivity contribution < 1.29 is 9.90 Å². The van der Waals surface area contributed by atoms with Gasteiger partial charge in [0.15, 0.2) is 5.78 Å². The van der Waals surface area contributed by atoms with Gasteiger partial charge in [-0.2, -0.15) is 5.10 Å². The normalized spacial score (nSPS) is 51.0. The fourth-order valence-electron chi connectivity index (χ4n) is 11.0. The van der Waals surface area contributed by atoms with Crippen LogP contribution in [-0.2, 0) is 24.2 Å². The molecule has 34 heavy (non-hydrogen) atoms. The lowest BCUT2D eigenvalue weighted by molar-refractivity contribution is -0.137. The molecule has 0 bridgehead atoms. The minimum absolute atomic E-state index is 0.194. The van der Waals surface area contributed by atoms with Crippen LogP contribution >= 0.6 is 0 Å². The van der Waals surface area contributed by atoms with E-state index in [0.29, 0.717) is 18.2 Å². The molecule has 1 N–H and O–H groups in total. The number of carbonyl (C=O) groups is 1. The Kier molecular flexibility index (Phi) is 4.82. The van der Waals surface area contributed by atoms with Crippen molar-refractivity contribution in [2.75, 3.05) is 0 Å². The summed E-state index contributed by atoms with van der Waals surface area (Å²) in [6, 6.07) is 0. The van der Waals surface area contributed by atoms with E-state index in [9.17, 15) is 9.90 Å². The number of carbonyl (C=O) groups excluding carboxylic acids is 1. The smallest absolute Gasteiger partial charge is 0.158 e. The summed E-state index contributed by atoms with van der Waals surface area (Å²) < 4.78 is 2.00. The van der Waals surface area contributed by atoms with E-state index in [1.807, 2.05) is 4.68 Å². The maximum Gasteiger partial charge on any atom is 0.158 e. The van der Waals surface area contributed by atoms with Crippen LogP contribution in [0.5, 0.6) is 0 Å². The van der Waals surface area contributed by atoms with Gasteiger partial charge in [-0.25, -0.2) is 0 Å². The average molecular weight is 465 g/mol. The van der Waals surface area contributed by atoms with E-state index in [0.717, 1.165) is 67.1 Å². The van der Waals surface area contributed by atoms with Crippen molar-refractivity contribution in [3.05, 3.63) is 17.5 Å². The summed E-state index contributed by atoms with van der Waals surface area (Å²) in [6.07, 6.45) is 15.3. The number of aromatic nitrogens is 2. The highest BCUT2D eigenvalue weighted by Crippen LogP contribution is 2.76. The minimum atomic E-state index is -0.441. The van der Waals surface area contributed by atoms with E-state index in [4.69, 9.17) is 5.10 Å². The molecule has 5 fully saturated rings. The first-order valence-corrected chi connectivity index (χ1v) is 14.6. The molecule has 1 heterocycles. The number of aliphatic hydroxyl groups is 1. The van der Waals surface area contributed by atoms with Crippen LogP contribution in [-0.4, -0.2) is 26.3 Å². The molecule has 1 aromatic heterocycles. The molecule has 0 amide bonds. The van der Waals surface area contributed by atoms with Gasteiger partial charge in [0, 0.05) is 12.1 Å². The fourth-order valence-corrected chi connectivity index (χ4v) is 11.0. The summed E-state index contributed by atoms with van der Waals surface area (Å²) >= 11 is 0. The lowest BCUT2D eigenvalue weighted by Crippen LogP contribution is -2.52. The van der Waals surface area contributed by atoms with Crippen LogP contribution in [0.1, 0.15) is 89.8 Å².